The summed E-state index contributed by atoms with van der Waals surface area (Å²) in [6.07, 6.45) is 2.25. The second-order valence-corrected chi connectivity index (χ2v) is 5.68. The number of hydrogen-bond acceptors (Lipinski definition) is 4. The second kappa shape index (κ2) is 5.80. The molecule has 1 aromatic rings. The van der Waals surface area contributed by atoms with Crippen molar-refractivity contribution in [3.63, 3.8) is 0 Å². The van der Waals surface area contributed by atoms with Gasteiger partial charge in [0, 0.05) is 24.2 Å². The normalized spacial score (nSPS) is 26.3. The van der Waals surface area contributed by atoms with Crippen molar-refractivity contribution < 1.29 is 10.2 Å². The van der Waals surface area contributed by atoms with Crippen LogP contribution in [0.4, 0.5) is 0 Å². The standard InChI is InChI=1S/C15H24N2O2/c1-10-5-6-17(12(7-10)9-16)11(2)14-8-13(18)3-4-15(14)19/h3-4,8,10-12,18-19H,5-7,9,16H2,1-2H3. The summed E-state index contributed by atoms with van der Waals surface area (Å²) in [5, 5.41) is 19.6. The minimum absolute atomic E-state index is 0.0631. The first kappa shape index (κ1) is 14.2. The smallest absolute Gasteiger partial charge is 0.120 e. The van der Waals surface area contributed by atoms with Crippen LogP contribution in [0.15, 0.2) is 18.2 Å². The molecule has 4 heteroatoms. The van der Waals surface area contributed by atoms with Crippen molar-refractivity contribution >= 4 is 0 Å². The number of benzene rings is 1. The summed E-state index contributed by atoms with van der Waals surface area (Å²) in [4.78, 5) is 2.34. The van der Waals surface area contributed by atoms with Gasteiger partial charge in [-0.05, 0) is 50.4 Å². The van der Waals surface area contributed by atoms with E-state index in [2.05, 4.69) is 18.7 Å². The van der Waals surface area contributed by atoms with Crippen molar-refractivity contribution in [3.8, 4) is 11.5 Å². The van der Waals surface area contributed by atoms with Crippen molar-refractivity contribution in [2.75, 3.05) is 13.1 Å². The highest BCUT2D eigenvalue weighted by molar-refractivity contribution is 5.40. The highest BCUT2D eigenvalue weighted by Gasteiger charge is 2.30. The number of phenols is 2. The average Bonchev–Trinajstić information content (AvgIpc) is 2.40. The van der Waals surface area contributed by atoms with Crippen LogP contribution in [0.25, 0.3) is 0 Å². The molecular formula is C15H24N2O2. The third-order valence-electron chi connectivity index (χ3n) is 4.25. The van der Waals surface area contributed by atoms with E-state index in [1.54, 1.807) is 12.1 Å². The molecule has 3 unspecified atom stereocenters. The maximum absolute atomic E-state index is 9.98. The van der Waals surface area contributed by atoms with Crippen LogP contribution in [0.2, 0.25) is 0 Å². The molecule has 4 N–H and O–H groups in total. The van der Waals surface area contributed by atoms with E-state index in [9.17, 15) is 10.2 Å². The molecule has 3 atom stereocenters. The van der Waals surface area contributed by atoms with E-state index in [1.165, 1.54) is 6.07 Å². The van der Waals surface area contributed by atoms with E-state index in [-0.39, 0.29) is 17.5 Å². The predicted octanol–water partition coefficient (Wildman–Crippen LogP) is 2.22. The molecule has 0 aliphatic carbocycles. The number of nitrogens with zero attached hydrogens (tertiary/aromatic N) is 1. The molecule has 2 rings (SSSR count). The van der Waals surface area contributed by atoms with Gasteiger partial charge in [-0.25, -0.2) is 0 Å². The number of piperidine rings is 1. The van der Waals surface area contributed by atoms with E-state index in [4.69, 9.17) is 5.73 Å². The number of nitrogens with two attached hydrogens (primary N) is 1. The average molecular weight is 264 g/mol. The summed E-state index contributed by atoms with van der Waals surface area (Å²) in [5.41, 5.74) is 6.66. The minimum Gasteiger partial charge on any atom is -0.508 e. The van der Waals surface area contributed by atoms with Crippen molar-refractivity contribution in [3.05, 3.63) is 23.8 Å². The van der Waals surface area contributed by atoms with E-state index in [0.717, 1.165) is 24.9 Å². The molecule has 1 aliphatic rings. The summed E-state index contributed by atoms with van der Waals surface area (Å²) in [6.45, 7) is 5.94. The molecule has 1 aliphatic heterocycles. The van der Waals surface area contributed by atoms with Crippen LogP contribution in [0.3, 0.4) is 0 Å². The van der Waals surface area contributed by atoms with Gasteiger partial charge in [-0.15, -0.1) is 0 Å². The van der Waals surface area contributed by atoms with E-state index >= 15 is 0 Å². The topological polar surface area (TPSA) is 69.7 Å². The van der Waals surface area contributed by atoms with Crippen LogP contribution in [-0.2, 0) is 0 Å². The molecule has 1 aromatic carbocycles. The quantitative estimate of drug-likeness (QED) is 0.732. The van der Waals surface area contributed by atoms with Crippen LogP contribution >= 0.6 is 0 Å². The third kappa shape index (κ3) is 3.01. The fraction of sp³-hybridized carbons (Fsp3) is 0.600. The Morgan fingerprint density at radius 2 is 2.16 bits per heavy atom. The van der Waals surface area contributed by atoms with Crippen LogP contribution in [0, 0.1) is 5.92 Å². The molecule has 106 valence electrons. The summed E-state index contributed by atoms with van der Waals surface area (Å²) in [6, 6.07) is 5.11. The van der Waals surface area contributed by atoms with Crippen molar-refractivity contribution in [2.45, 2.75) is 38.8 Å². The molecule has 19 heavy (non-hydrogen) atoms. The molecule has 0 bridgehead atoms. The summed E-state index contributed by atoms with van der Waals surface area (Å²) >= 11 is 0. The van der Waals surface area contributed by atoms with E-state index < -0.39 is 0 Å². The van der Waals surface area contributed by atoms with E-state index in [0.29, 0.717) is 18.5 Å². The molecule has 0 amide bonds. The van der Waals surface area contributed by atoms with Crippen LogP contribution in [-0.4, -0.2) is 34.2 Å². The van der Waals surface area contributed by atoms with Gasteiger partial charge in [0.05, 0.1) is 0 Å². The Labute approximate surface area is 114 Å². The van der Waals surface area contributed by atoms with Crippen molar-refractivity contribution in [1.82, 2.24) is 4.90 Å². The number of aromatic hydroxyl groups is 2. The Hall–Kier alpha value is -1.26. The molecule has 0 saturated carbocycles. The highest BCUT2D eigenvalue weighted by atomic mass is 16.3. The lowest BCUT2D eigenvalue weighted by molar-refractivity contribution is 0.0822. The minimum atomic E-state index is 0.0631. The Balaban J connectivity index is 2.22. The van der Waals surface area contributed by atoms with Crippen molar-refractivity contribution in [1.29, 1.82) is 0 Å². The first-order valence-corrected chi connectivity index (χ1v) is 7.00. The molecule has 1 fully saturated rings. The van der Waals surface area contributed by atoms with Gasteiger partial charge in [0.1, 0.15) is 11.5 Å². The van der Waals surface area contributed by atoms with Gasteiger partial charge < -0.3 is 15.9 Å². The van der Waals surface area contributed by atoms with Gasteiger partial charge in [0.2, 0.25) is 0 Å². The number of likely N-dealkylation sites (tertiary alicyclic amines) is 1. The van der Waals surface area contributed by atoms with Gasteiger partial charge in [-0.3, -0.25) is 4.90 Å². The maximum Gasteiger partial charge on any atom is 0.120 e. The largest absolute Gasteiger partial charge is 0.508 e. The molecule has 0 aromatic heterocycles. The third-order valence-corrected chi connectivity index (χ3v) is 4.25. The highest BCUT2D eigenvalue weighted by Crippen LogP contribution is 2.35. The molecular weight excluding hydrogens is 240 g/mol. The maximum atomic E-state index is 9.98. The van der Waals surface area contributed by atoms with E-state index in [1.807, 2.05) is 0 Å². The van der Waals surface area contributed by atoms with Gasteiger partial charge in [0.15, 0.2) is 0 Å². The van der Waals surface area contributed by atoms with Crippen LogP contribution in [0.1, 0.15) is 38.3 Å². The van der Waals surface area contributed by atoms with Gasteiger partial charge in [-0.1, -0.05) is 6.92 Å². The lowest BCUT2D eigenvalue weighted by atomic mass is 9.90. The van der Waals surface area contributed by atoms with Crippen molar-refractivity contribution in [2.24, 2.45) is 11.7 Å². The zero-order chi connectivity index (χ0) is 14.0. The first-order valence-electron chi connectivity index (χ1n) is 7.00. The number of rotatable bonds is 3. The monoisotopic (exact) mass is 264 g/mol. The Kier molecular flexibility index (Phi) is 4.32. The molecule has 0 radical (unpaired) electrons. The first-order chi connectivity index (χ1) is 9.02. The molecule has 4 nitrogen and oxygen atoms in total. The zero-order valence-corrected chi connectivity index (χ0v) is 11.7. The van der Waals surface area contributed by atoms with Crippen LogP contribution < -0.4 is 5.73 Å². The Morgan fingerprint density at radius 3 is 2.84 bits per heavy atom. The second-order valence-electron chi connectivity index (χ2n) is 5.68. The summed E-state index contributed by atoms with van der Waals surface area (Å²) in [5.74, 6) is 1.13. The SMILES string of the molecule is CC1CCN(C(C)c2cc(O)ccc2O)C(CN)C1. The number of hydrogen-bond donors (Lipinski definition) is 3. The van der Waals surface area contributed by atoms with Gasteiger partial charge >= 0.3 is 0 Å². The zero-order valence-electron chi connectivity index (χ0n) is 11.7. The van der Waals surface area contributed by atoms with Gasteiger partial charge in [0.25, 0.3) is 0 Å². The molecule has 0 spiro atoms. The summed E-state index contributed by atoms with van der Waals surface area (Å²) < 4.78 is 0. The lowest BCUT2D eigenvalue weighted by Gasteiger charge is -2.42. The summed E-state index contributed by atoms with van der Waals surface area (Å²) in [7, 11) is 0. The Morgan fingerprint density at radius 1 is 1.42 bits per heavy atom. The van der Waals surface area contributed by atoms with Crippen LogP contribution in [0.5, 0.6) is 11.5 Å². The Bertz CT molecular complexity index is 436. The molecule has 1 saturated heterocycles. The number of phenolic OH excluding ortho intramolecular Hbond substituents is 2. The predicted molar refractivity (Wildman–Crippen MR) is 76.1 cm³/mol. The molecule has 1 heterocycles. The fourth-order valence-corrected chi connectivity index (χ4v) is 3.07. The van der Waals surface area contributed by atoms with Gasteiger partial charge in [-0.2, -0.15) is 0 Å². The fourth-order valence-electron chi connectivity index (χ4n) is 3.07. The lowest BCUT2D eigenvalue weighted by Crippen LogP contribution is -2.47.